The molecule has 2 aliphatic rings. The fourth-order valence-electron chi connectivity index (χ4n) is 3.46. The first kappa shape index (κ1) is 16.7. The lowest BCUT2D eigenvalue weighted by atomic mass is 9.90. The van der Waals surface area contributed by atoms with Crippen LogP contribution in [0.2, 0.25) is 5.02 Å². The van der Waals surface area contributed by atoms with Crippen molar-refractivity contribution in [1.29, 1.82) is 0 Å². The Labute approximate surface area is 152 Å². The highest BCUT2D eigenvalue weighted by molar-refractivity contribution is 7.86. The summed E-state index contributed by atoms with van der Waals surface area (Å²) in [7, 11) is -3.76. The van der Waals surface area contributed by atoms with Crippen molar-refractivity contribution in [3.63, 3.8) is 0 Å². The Kier molecular flexibility index (Phi) is 4.35. The van der Waals surface area contributed by atoms with E-state index in [1.165, 1.54) is 0 Å². The van der Waals surface area contributed by atoms with Crippen LogP contribution in [-0.2, 0) is 15.9 Å². The molecule has 2 unspecified atom stereocenters. The van der Waals surface area contributed by atoms with Gasteiger partial charge in [0.05, 0.1) is 0 Å². The SMILES string of the molecule is O=S(=O)(Cc1cccc(Cl)c1)Oc1ccc2c(c1)C1CCNCC1O2. The minimum atomic E-state index is -3.76. The Morgan fingerprint density at radius 1 is 1.24 bits per heavy atom. The minimum Gasteiger partial charge on any atom is -0.488 e. The molecule has 1 saturated heterocycles. The molecule has 1 fully saturated rings. The molecule has 25 heavy (non-hydrogen) atoms. The molecule has 0 bridgehead atoms. The lowest BCUT2D eigenvalue weighted by molar-refractivity contribution is 0.177. The van der Waals surface area contributed by atoms with E-state index in [9.17, 15) is 8.42 Å². The number of rotatable bonds is 4. The molecule has 1 N–H and O–H groups in total. The van der Waals surface area contributed by atoms with E-state index in [4.69, 9.17) is 20.5 Å². The van der Waals surface area contributed by atoms with E-state index in [-0.39, 0.29) is 17.8 Å². The first-order valence-corrected chi connectivity index (χ1v) is 10.1. The van der Waals surface area contributed by atoms with E-state index in [0.29, 0.717) is 16.3 Å². The average Bonchev–Trinajstić information content (AvgIpc) is 2.92. The van der Waals surface area contributed by atoms with Crippen molar-refractivity contribution in [3.8, 4) is 11.5 Å². The number of fused-ring (bicyclic) bond motifs is 3. The Balaban J connectivity index is 1.53. The molecular weight excluding hydrogens is 362 g/mol. The first-order valence-electron chi connectivity index (χ1n) is 8.18. The molecule has 2 atom stereocenters. The van der Waals surface area contributed by atoms with E-state index in [1.807, 2.05) is 0 Å². The van der Waals surface area contributed by atoms with Crippen LogP contribution in [0.3, 0.4) is 0 Å². The van der Waals surface area contributed by atoms with Crippen molar-refractivity contribution in [2.24, 2.45) is 0 Å². The van der Waals surface area contributed by atoms with Crippen LogP contribution in [-0.4, -0.2) is 27.6 Å². The molecule has 0 spiro atoms. The maximum atomic E-state index is 12.4. The van der Waals surface area contributed by atoms with Crippen molar-refractivity contribution < 1.29 is 17.3 Å². The van der Waals surface area contributed by atoms with Crippen LogP contribution in [0.25, 0.3) is 0 Å². The number of piperidine rings is 1. The van der Waals surface area contributed by atoms with Gasteiger partial charge in [0.1, 0.15) is 23.4 Å². The second-order valence-corrected chi connectivity index (χ2v) is 8.38. The average molecular weight is 380 g/mol. The quantitative estimate of drug-likeness (QED) is 0.827. The summed E-state index contributed by atoms with van der Waals surface area (Å²) in [6.07, 6.45) is 1.08. The standard InChI is InChI=1S/C18H18ClNO4S/c19-13-3-1-2-12(8-13)11-25(21,22)24-14-4-5-17-16(9-14)15-6-7-20-10-18(15)23-17/h1-5,8-9,15,18,20H,6-7,10-11H2. The van der Waals surface area contributed by atoms with Crippen LogP contribution in [0.4, 0.5) is 0 Å². The second-order valence-electron chi connectivity index (χ2n) is 6.37. The van der Waals surface area contributed by atoms with E-state index in [0.717, 1.165) is 30.8 Å². The van der Waals surface area contributed by atoms with Crippen molar-refractivity contribution >= 4 is 21.7 Å². The molecule has 5 nitrogen and oxygen atoms in total. The topological polar surface area (TPSA) is 64.6 Å². The molecule has 132 valence electrons. The largest absolute Gasteiger partial charge is 0.488 e. The smallest absolute Gasteiger partial charge is 0.313 e. The van der Waals surface area contributed by atoms with Gasteiger partial charge in [0, 0.05) is 23.0 Å². The highest BCUT2D eigenvalue weighted by Crippen LogP contribution is 2.43. The number of ether oxygens (including phenoxy) is 1. The number of hydrogen-bond acceptors (Lipinski definition) is 5. The number of nitrogens with one attached hydrogen (secondary N) is 1. The van der Waals surface area contributed by atoms with Crippen molar-refractivity contribution in [3.05, 3.63) is 58.6 Å². The third-order valence-corrected chi connectivity index (χ3v) is 5.91. The fourth-order valence-corrected chi connectivity index (χ4v) is 4.71. The second kappa shape index (κ2) is 6.52. The molecule has 0 aromatic heterocycles. The Morgan fingerprint density at radius 3 is 2.96 bits per heavy atom. The van der Waals surface area contributed by atoms with E-state index < -0.39 is 10.1 Å². The zero-order valence-electron chi connectivity index (χ0n) is 13.4. The maximum Gasteiger partial charge on any atom is 0.313 e. The first-order chi connectivity index (χ1) is 12.0. The minimum absolute atomic E-state index is 0.113. The summed E-state index contributed by atoms with van der Waals surface area (Å²) < 4.78 is 35.9. The molecule has 2 aromatic carbocycles. The summed E-state index contributed by atoms with van der Waals surface area (Å²) >= 11 is 5.91. The van der Waals surface area contributed by atoms with Crippen molar-refractivity contribution in [2.45, 2.75) is 24.2 Å². The van der Waals surface area contributed by atoms with Gasteiger partial charge in [0.15, 0.2) is 0 Å². The van der Waals surface area contributed by atoms with Crippen molar-refractivity contribution in [1.82, 2.24) is 5.32 Å². The molecule has 4 rings (SSSR count). The number of benzene rings is 2. The van der Waals surface area contributed by atoms with E-state index in [1.54, 1.807) is 42.5 Å². The predicted octanol–water partition coefficient (Wildman–Crippen LogP) is 3.09. The predicted molar refractivity (Wildman–Crippen MR) is 95.8 cm³/mol. The van der Waals surface area contributed by atoms with Crippen LogP contribution in [0.15, 0.2) is 42.5 Å². The molecule has 7 heteroatoms. The van der Waals surface area contributed by atoms with Gasteiger partial charge < -0.3 is 14.2 Å². The van der Waals surface area contributed by atoms with Gasteiger partial charge in [0.2, 0.25) is 0 Å². The van der Waals surface area contributed by atoms with Gasteiger partial charge in [0.25, 0.3) is 0 Å². The summed E-state index contributed by atoms with van der Waals surface area (Å²) in [5, 5.41) is 3.81. The number of halogens is 1. The van der Waals surface area contributed by atoms with Crippen LogP contribution in [0, 0.1) is 0 Å². The van der Waals surface area contributed by atoms with Gasteiger partial charge in [-0.2, -0.15) is 8.42 Å². The Hall–Kier alpha value is -1.76. The van der Waals surface area contributed by atoms with E-state index in [2.05, 4.69) is 5.32 Å². The molecule has 0 aliphatic carbocycles. The zero-order valence-corrected chi connectivity index (χ0v) is 15.0. The highest BCUT2D eigenvalue weighted by Gasteiger charge is 2.36. The maximum absolute atomic E-state index is 12.4. The molecule has 2 aliphatic heterocycles. The van der Waals surface area contributed by atoms with Gasteiger partial charge in [-0.15, -0.1) is 0 Å². The van der Waals surface area contributed by atoms with Crippen LogP contribution in [0.5, 0.6) is 11.5 Å². The number of hydrogen-bond donors (Lipinski definition) is 1. The van der Waals surface area contributed by atoms with Gasteiger partial charge in [-0.25, -0.2) is 0 Å². The monoisotopic (exact) mass is 379 g/mol. The molecular formula is C18H18ClNO4S. The summed E-state index contributed by atoms with van der Waals surface area (Å²) in [6, 6.07) is 12.0. The van der Waals surface area contributed by atoms with E-state index >= 15 is 0 Å². The van der Waals surface area contributed by atoms with Gasteiger partial charge in [-0.1, -0.05) is 23.7 Å². The highest BCUT2D eigenvalue weighted by atomic mass is 35.5. The van der Waals surface area contributed by atoms with Gasteiger partial charge in [-0.05, 0) is 48.9 Å². The summed E-state index contributed by atoms with van der Waals surface area (Å²) in [5.74, 6) is 1.20. The van der Waals surface area contributed by atoms with Crippen molar-refractivity contribution in [2.75, 3.05) is 13.1 Å². The lowest BCUT2D eigenvalue weighted by Gasteiger charge is -2.24. The van der Waals surface area contributed by atoms with Gasteiger partial charge in [-0.3, -0.25) is 0 Å². The molecule has 0 amide bonds. The van der Waals surface area contributed by atoms with Crippen LogP contribution in [0.1, 0.15) is 23.5 Å². The van der Waals surface area contributed by atoms with Crippen LogP contribution < -0.4 is 14.2 Å². The third-order valence-electron chi connectivity index (χ3n) is 4.54. The Morgan fingerprint density at radius 2 is 2.12 bits per heavy atom. The zero-order chi connectivity index (χ0) is 17.4. The Bertz CT molecular complexity index is 900. The van der Waals surface area contributed by atoms with Gasteiger partial charge >= 0.3 is 10.1 Å². The molecule has 0 radical (unpaired) electrons. The van der Waals surface area contributed by atoms with Crippen LogP contribution >= 0.6 is 11.6 Å². The third kappa shape index (κ3) is 3.61. The lowest BCUT2D eigenvalue weighted by Crippen LogP contribution is -2.39. The normalized spacial score (nSPS) is 22.0. The summed E-state index contributed by atoms with van der Waals surface area (Å²) in [6.45, 7) is 1.74. The summed E-state index contributed by atoms with van der Waals surface area (Å²) in [5.41, 5.74) is 1.62. The molecule has 2 heterocycles. The fraction of sp³-hybridized carbons (Fsp3) is 0.333. The summed E-state index contributed by atoms with van der Waals surface area (Å²) in [4.78, 5) is 0. The molecule has 2 aromatic rings. The molecule has 0 saturated carbocycles.